The third-order valence-electron chi connectivity index (χ3n) is 5.03. The van der Waals surface area contributed by atoms with Gasteiger partial charge < -0.3 is 19.9 Å². The number of thiophene rings is 1. The van der Waals surface area contributed by atoms with E-state index in [4.69, 9.17) is 4.74 Å². The van der Waals surface area contributed by atoms with Crippen molar-refractivity contribution in [1.82, 2.24) is 20.4 Å². The number of hydrogen-bond acceptors (Lipinski definition) is 6. The molecular weight excluding hydrogens is 326 g/mol. The second kappa shape index (κ2) is 5.49. The quantitative estimate of drug-likeness (QED) is 0.873. The molecule has 0 bridgehead atoms. The Bertz CT molecular complexity index is 768. The fourth-order valence-corrected chi connectivity index (χ4v) is 4.82. The van der Waals surface area contributed by atoms with Gasteiger partial charge in [-0.3, -0.25) is 9.89 Å². The molecule has 5 rings (SSSR count). The molecule has 0 radical (unpaired) electrons. The van der Waals surface area contributed by atoms with Gasteiger partial charge in [0.1, 0.15) is 17.2 Å². The van der Waals surface area contributed by atoms with E-state index in [9.17, 15) is 4.79 Å². The number of carbonyl (C=O) groups excluding carboxylic acids is 1. The number of aromatic amines is 1. The lowest BCUT2D eigenvalue weighted by molar-refractivity contribution is 0.0954. The van der Waals surface area contributed by atoms with Gasteiger partial charge >= 0.3 is 0 Å². The minimum Gasteiger partial charge on any atom is -0.488 e. The summed E-state index contributed by atoms with van der Waals surface area (Å²) in [7, 11) is 0. The molecule has 3 aliphatic rings. The number of aromatic nitrogens is 2. The predicted octanol–water partition coefficient (Wildman–Crippen LogP) is 1.15. The van der Waals surface area contributed by atoms with Crippen LogP contribution in [-0.2, 0) is 0 Å². The van der Waals surface area contributed by atoms with Crippen LogP contribution in [0.3, 0.4) is 0 Å². The van der Waals surface area contributed by atoms with E-state index in [2.05, 4.69) is 25.3 Å². The van der Waals surface area contributed by atoms with E-state index in [1.807, 2.05) is 6.20 Å². The first kappa shape index (κ1) is 14.3. The molecule has 1 amide bonds. The number of H-pyrrole nitrogens is 1. The van der Waals surface area contributed by atoms with Crippen LogP contribution < -0.4 is 15.0 Å². The average molecular weight is 345 g/mol. The molecule has 2 aromatic heterocycles. The third kappa shape index (κ3) is 2.13. The molecule has 0 spiro atoms. The normalized spacial score (nSPS) is 23.1. The smallest absolute Gasteiger partial charge is 0.263 e. The van der Waals surface area contributed by atoms with E-state index in [1.165, 1.54) is 30.8 Å². The van der Waals surface area contributed by atoms with Crippen molar-refractivity contribution in [2.24, 2.45) is 0 Å². The van der Waals surface area contributed by atoms with Crippen LogP contribution in [0.2, 0.25) is 0 Å². The van der Waals surface area contributed by atoms with Gasteiger partial charge in [-0.25, -0.2) is 0 Å². The first-order chi connectivity index (χ1) is 11.8. The van der Waals surface area contributed by atoms with Crippen molar-refractivity contribution in [2.75, 3.05) is 44.2 Å². The highest BCUT2D eigenvalue weighted by Crippen LogP contribution is 2.50. The van der Waals surface area contributed by atoms with E-state index in [0.29, 0.717) is 19.2 Å². The molecule has 24 heavy (non-hydrogen) atoms. The monoisotopic (exact) mass is 345 g/mol. The highest BCUT2D eigenvalue weighted by Gasteiger charge is 2.38. The second-order valence-electron chi connectivity index (χ2n) is 6.48. The molecular formula is C16H19N5O2S. The van der Waals surface area contributed by atoms with Crippen LogP contribution in [-0.4, -0.2) is 66.4 Å². The Kier molecular flexibility index (Phi) is 3.27. The van der Waals surface area contributed by atoms with Crippen molar-refractivity contribution in [3.63, 3.8) is 0 Å². The molecule has 0 aromatic carbocycles. The lowest BCUT2D eigenvalue weighted by Gasteiger charge is -2.40. The van der Waals surface area contributed by atoms with Gasteiger partial charge in [0.25, 0.3) is 5.91 Å². The molecule has 1 fully saturated rings. The maximum absolute atomic E-state index is 12.6. The van der Waals surface area contributed by atoms with Crippen LogP contribution in [0.15, 0.2) is 12.4 Å². The number of likely N-dealkylation sites (tertiary alicyclic amines) is 1. The summed E-state index contributed by atoms with van der Waals surface area (Å²) in [6.07, 6.45) is 4.90. The lowest BCUT2D eigenvalue weighted by Crippen LogP contribution is -2.53. The van der Waals surface area contributed by atoms with E-state index >= 15 is 0 Å². The van der Waals surface area contributed by atoms with Crippen molar-refractivity contribution in [2.45, 2.75) is 12.5 Å². The predicted molar refractivity (Wildman–Crippen MR) is 91.9 cm³/mol. The average Bonchev–Trinajstić information content (AvgIpc) is 3.17. The number of anilines is 1. The first-order valence-corrected chi connectivity index (χ1v) is 9.19. The Morgan fingerprint density at radius 1 is 1.33 bits per heavy atom. The highest BCUT2D eigenvalue weighted by atomic mass is 32.1. The zero-order valence-electron chi connectivity index (χ0n) is 13.2. The summed E-state index contributed by atoms with van der Waals surface area (Å²) in [6, 6.07) is 0.296. The number of carbonyl (C=O) groups is 1. The molecule has 1 saturated heterocycles. The van der Waals surface area contributed by atoms with Crippen molar-refractivity contribution in [1.29, 1.82) is 0 Å². The Labute approximate surface area is 143 Å². The molecule has 0 saturated carbocycles. The molecule has 0 aliphatic carbocycles. The van der Waals surface area contributed by atoms with Crippen LogP contribution >= 0.6 is 11.3 Å². The van der Waals surface area contributed by atoms with Crippen molar-refractivity contribution < 1.29 is 9.53 Å². The molecule has 5 heterocycles. The van der Waals surface area contributed by atoms with Crippen molar-refractivity contribution in [3.05, 3.63) is 17.3 Å². The van der Waals surface area contributed by atoms with E-state index < -0.39 is 0 Å². The Morgan fingerprint density at radius 3 is 3.00 bits per heavy atom. The van der Waals surface area contributed by atoms with Gasteiger partial charge in [-0.15, -0.1) is 11.3 Å². The first-order valence-electron chi connectivity index (χ1n) is 8.37. The molecule has 0 unspecified atom stereocenters. The van der Waals surface area contributed by atoms with Gasteiger partial charge in [0.15, 0.2) is 5.75 Å². The molecule has 126 valence electrons. The Morgan fingerprint density at radius 2 is 2.25 bits per heavy atom. The number of nitrogens with zero attached hydrogens (tertiary/aromatic N) is 3. The topological polar surface area (TPSA) is 73.5 Å². The number of ether oxygens (including phenoxy) is 1. The van der Waals surface area contributed by atoms with Gasteiger partial charge in [-0.2, -0.15) is 5.10 Å². The standard InChI is InChI=1S/C16H19N5O2S/c22-16-15-12-13(14(24-15)10-6-18-19-7-10)23-5-4-21(12)11(8-17-16)9-20-2-1-3-20/h6-7,11H,1-5,8-9H2,(H,17,22)(H,18,19)/t11-/m1/s1. The minimum absolute atomic E-state index is 0.00704. The second-order valence-corrected chi connectivity index (χ2v) is 7.51. The van der Waals surface area contributed by atoms with Crippen molar-refractivity contribution in [3.8, 4) is 16.2 Å². The number of rotatable bonds is 3. The Balaban J connectivity index is 1.59. The summed E-state index contributed by atoms with van der Waals surface area (Å²) < 4.78 is 6.00. The number of hydrogen-bond donors (Lipinski definition) is 2. The molecule has 1 atom stereocenters. The van der Waals surface area contributed by atoms with Crippen LogP contribution in [0.4, 0.5) is 5.69 Å². The summed E-state index contributed by atoms with van der Waals surface area (Å²) in [5.41, 5.74) is 1.94. The molecule has 8 heteroatoms. The maximum atomic E-state index is 12.6. The van der Waals surface area contributed by atoms with E-state index in [1.54, 1.807) is 6.20 Å². The highest BCUT2D eigenvalue weighted by molar-refractivity contribution is 7.18. The van der Waals surface area contributed by atoms with Crippen molar-refractivity contribution >= 4 is 22.9 Å². The summed E-state index contributed by atoms with van der Waals surface area (Å²) >= 11 is 1.50. The van der Waals surface area contributed by atoms with Crippen LogP contribution in [0.5, 0.6) is 5.75 Å². The van der Waals surface area contributed by atoms with Gasteiger partial charge in [0.05, 0.1) is 23.7 Å². The summed E-state index contributed by atoms with van der Waals surface area (Å²) in [5, 5.41) is 9.98. The number of nitrogens with one attached hydrogen (secondary N) is 2. The molecule has 2 aromatic rings. The van der Waals surface area contributed by atoms with Gasteiger partial charge in [-0.05, 0) is 19.5 Å². The molecule has 2 N–H and O–H groups in total. The van der Waals surface area contributed by atoms with Crippen LogP contribution in [0, 0.1) is 0 Å². The van der Waals surface area contributed by atoms with Crippen LogP contribution in [0.25, 0.3) is 10.4 Å². The summed E-state index contributed by atoms with van der Waals surface area (Å²) in [4.78, 5) is 19.2. The van der Waals surface area contributed by atoms with Gasteiger partial charge in [-0.1, -0.05) is 0 Å². The lowest BCUT2D eigenvalue weighted by atomic mass is 10.1. The summed E-state index contributed by atoms with van der Waals surface area (Å²) in [5.74, 6) is 0.848. The zero-order chi connectivity index (χ0) is 16.1. The zero-order valence-corrected chi connectivity index (χ0v) is 14.1. The fourth-order valence-electron chi connectivity index (χ4n) is 3.67. The van der Waals surface area contributed by atoms with E-state index in [0.717, 1.165) is 39.8 Å². The molecule has 7 nitrogen and oxygen atoms in total. The molecule has 3 aliphatic heterocycles. The number of amides is 1. The van der Waals surface area contributed by atoms with E-state index in [-0.39, 0.29) is 5.91 Å². The minimum atomic E-state index is 0.00704. The van der Waals surface area contributed by atoms with Gasteiger partial charge in [0, 0.05) is 24.8 Å². The van der Waals surface area contributed by atoms with Crippen LogP contribution in [0.1, 0.15) is 16.1 Å². The Hall–Kier alpha value is -2.06. The SMILES string of the molecule is O=C1NC[C@H](CN2CCC2)N2CCOc3c(-c4cn[nH]c4)sc1c32. The largest absolute Gasteiger partial charge is 0.488 e. The maximum Gasteiger partial charge on any atom is 0.263 e. The van der Waals surface area contributed by atoms with Gasteiger partial charge in [0.2, 0.25) is 0 Å². The third-order valence-corrected chi connectivity index (χ3v) is 6.24. The summed E-state index contributed by atoms with van der Waals surface area (Å²) in [6.45, 7) is 5.50. The fraction of sp³-hybridized carbons (Fsp3) is 0.500.